The molecule has 1 N–H and O–H groups in total. The molecule has 0 aromatic rings. The van der Waals surface area contributed by atoms with E-state index < -0.39 is 6.29 Å². The predicted molar refractivity (Wildman–Crippen MR) is 62.0 cm³/mol. The average Bonchev–Trinajstić information content (AvgIpc) is 2.68. The van der Waals surface area contributed by atoms with E-state index in [9.17, 15) is 5.11 Å². The van der Waals surface area contributed by atoms with Crippen LogP contribution in [0.25, 0.3) is 0 Å². The van der Waals surface area contributed by atoms with E-state index in [0.29, 0.717) is 18.1 Å². The van der Waals surface area contributed by atoms with Gasteiger partial charge in [0.25, 0.3) is 0 Å². The SMILES string of the molecule is OC1C[C@H]2[C@H](N3CCCCCC3)CC[C@H]2O1. The highest BCUT2D eigenvalue weighted by atomic mass is 16.6. The van der Waals surface area contributed by atoms with Gasteiger partial charge in [-0.05, 0) is 38.8 Å². The number of hydrogen-bond acceptors (Lipinski definition) is 3. The van der Waals surface area contributed by atoms with Crippen molar-refractivity contribution in [1.29, 1.82) is 0 Å². The number of rotatable bonds is 1. The van der Waals surface area contributed by atoms with Crippen LogP contribution in [-0.2, 0) is 4.74 Å². The molecule has 3 nitrogen and oxygen atoms in total. The molecule has 0 bridgehead atoms. The molecule has 1 saturated carbocycles. The predicted octanol–water partition coefficient (Wildman–Crippen LogP) is 1.75. The van der Waals surface area contributed by atoms with Crippen LogP contribution in [0, 0.1) is 5.92 Å². The molecule has 0 amide bonds. The first kappa shape index (κ1) is 11.0. The summed E-state index contributed by atoms with van der Waals surface area (Å²) >= 11 is 0. The minimum atomic E-state index is -0.482. The second-order valence-corrected chi connectivity index (χ2v) is 5.62. The third-order valence-corrected chi connectivity index (χ3v) is 4.63. The Labute approximate surface area is 97.8 Å². The number of nitrogens with zero attached hydrogens (tertiary/aromatic N) is 1. The van der Waals surface area contributed by atoms with Crippen molar-refractivity contribution >= 4 is 0 Å². The topological polar surface area (TPSA) is 32.7 Å². The fraction of sp³-hybridized carbons (Fsp3) is 1.00. The van der Waals surface area contributed by atoms with Crippen molar-refractivity contribution in [2.45, 2.75) is 63.4 Å². The second-order valence-electron chi connectivity index (χ2n) is 5.62. The highest BCUT2D eigenvalue weighted by Gasteiger charge is 2.45. The van der Waals surface area contributed by atoms with E-state index in [4.69, 9.17) is 4.74 Å². The summed E-state index contributed by atoms with van der Waals surface area (Å²) in [6.07, 6.45) is 8.69. The van der Waals surface area contributed by atoms with Gasteiger partial charge in [0.2, 0.25) is 0 Å². The minimum absolute atomic E-state index is 0.350. The number of aliphatic hydroxyl groups excluding tert-OH is 1. The van der Waals surface area contributed by atoms with Gasteiger partial charge < -0.3 is 14.7 Å². The maximum Gasteiger partial charge on any atom is 0.155 e. The highest BCUT2D eigenvalue weighted by Crippen LogP contribution is 2.41. The summed E-state index contributed by atoms with van der Waals surface area (Å²) in [5, 5.41) is 9.57. The van der Waals surface area contributed by atoms with Crippen LogP contribution < -0.4 is 0 Å². The molecule has 3 rings (SSSR count). The lowest BCUT2D eigenvalue weighted by molar-refractivity contribution is -0.0906. The van der Waals surface area contributed by atoms with Crippen molar-refractivity contribution < 1.29 is 9.84 Å². The normalized spacial score (nSPS) is 45.6. The summed E-state index contributed by atoms with van der Waals surface area (Å²) in [4.78, 5) is 2.68. The van der Waals surface area contributed by atoms with E-state index in [-0.39, 0.29) is 0 Å². The van der Waals surface area contributed by atoms with Crippen LogP contribution in [-0.4, -0.2) is 41.5 Å². The molecule has 16 heavy (non-hydrogen) atoms. The van der Waals surface area contributed by atoms with Crippen molar-refractivity contribution in [3.8, 4) is 0 Å². The quantitative estimate of drug-likeness (QED) is 0.738. The molecule has 1 unspecified atom stereocenters. The third-order valence-electron chi connectivity index (χ3n) is 4.63. The molecule has 2 aliphatic heterocycles. The van der Waals surface area contributed by atoms with Gasteiger partial charge in [0.1, 0.15) is 0 Å². The first-order valence-corrected chi connectivity index (χ1v) is 6.92. The largest absolute Gasteiger partial charge is 0.368 e. The molecule has 3 fully saturated rings. The molecule has 1 aliphatic carbocycles. The van der Waals surface area contributed by atoms with Crippen LogP contribution in [0.15, 0.2) is 0 Å². The molecule has 3 aliphatic rings. The average molecular weight is 225 g/mol. The van der Waals surface area contributed by atoms with Gasteiger partial charge in [-0.2, -0.15) is 0 Å². The zero-order chi connectivity index (χ0) is 11.0. The van der Waals surface area contributed by atoms with Crippen LogP contribution >= 0.6 is 0 Å². The maximum absolute atomic E-state index is 9.57. The van der Waals surface area contributed by atoms with Crippen molar-refractivity contribution in [3.05, 3.63) is 0 Å². The van der Waals surface area contributed by atoms with E-state index in [1.807, 2.05) is 0 Å². The van der Waals surface area contributed by atoms with E-state index in [2.05, 4.69) is 4.90 Å². The smallest absolute Gasteiger partial charge is 0.155 e. The molecule has 0 radical (unpaired) electrons. The monoisotopic (exact) mass is 225 g/mol. The third kappa shape index (κ3) is 2.01. The van der Waals surface area contributed by atoms with E-state index in [1.165, 1.54) is 45.2 Å². The number of likely N-dealkylation sites (tertiary alicyclic amines) is 1. The molecule has 2 heterocycles. The van der Waals surface area contributed by atoms with Crippen LogP contribution in [0.1, 0.15) is 44.9 Å². The Kier molecular flexibility index (Phi) is 3.18. The summed E-state index contributed by atoms with van der Waals surface area (Å²) in [7, 11) is 0. The van der Waals surface area contributed by atoms with Crippen molar-refractivity contribution in [3.63, 3.8) is 0 Å². The van der Waals surface area contributed by atoms with Gasteiger partial charge in [-0.15, -0.1) is 0 Å². The fourth-order valence-electron chi connectivity index (χ4n) is 3.86. The molecule has 3 heteroatoms. The van der Waals surface area contributed by atoms with Gasteiger partial charge in [-0.1, -0.05) is 12.8 Å². The summed E-state index contributed by atoms with van der Waals surface area (Å²) < 4.78 is 5.57. The van der Waals surface area contributed by atoms with Crippen LogP contribution in [0.2, 0.25) is 0 Å². The number of ether oxygens (including phenoxy) is 1. The van der Waals surface area contributed by atoms with Gasteiger partial charge in [0.05, 0.1) is 6.10 Å². The van der Waals surface area contributed by atoms with E-state index in [0.717, 1.165) is 12.8 Å². The highest BCUT2D eigenvalue weighted by molar-refractivity contribution is 4.95. The van der Waals surface area contributed by atoms with Crippen molar-refractivity contribution in [2.24, 2.45) is 5.92 Å². The molecule has 0 aromatic heterocycles. The van der Waals surface area contributed by atoms with E-state index in [1.54, 1.807) is 0 Å². The van der Waals surface area contributed by atoms with Gasteiger partial charge in [0, 0.05) is 18.4 Å². The summed E-state index contributed by atoms with van der Waals surface area (Å²) in [6, 6.07) is 0.695. The Morgan fingerprint density at radius 3 is 2.50 bits per heavy atom. The Hall–Kier alpha value is -0.120. The molecule has 0 spiro atoms. The molecule has 92 valence electrons. The molecule has 4 atom stereocenters. The van der Waals surface area contributed by atoms with Crippen LogP contribution in [0.5, 0.6) is 0 Å². The minimum Gasteiger partial charge on any atom is -0.368 e. The lowest BCUT2D eigenvalue weighted by atomic mass is 9.98. The lowest BCUT2D eigenvalue weighted by Gasteiger charge is -2.31. The first-order chi connectivity index (χ1) is 7.84. The Morgan fingerprint density at radius 2 is 1.75 bits per heavy atom. The summed E-state index contributed by atoms with van der Waals surface area (Å²) in [5.74, 6) is 0.605. The number of fused-ring (bicyclic) bond motifs is 1. The number of aliphatic hydroxyl groups is 1. The van der Waals surface area contributed by atoms with Crippen LogP contribution in [0.4, 0.5) is 0 Å². The molecular formula is C13H23NO2. The second kappa shape index (κ2) is 4.63. The standard InChI is InChI=1S/C13H23NO2/c15-13-9-10-11(5-6-12(10)16-13)14-7-3-1-2-4-8-14/h10-13,15H,1-9H2/t10-,11+,12+,13?/m0/s1. The Bertz CT molecular complexity index is 238. The van der Waals surface area contributed by atoms with Crippen LogP contribution in [0.3, 0.4) is 0 Å². The molecule has 2 saturated heterocycles. The zero-order valence-electron chi connectivity index (χ0n) is 9.98. The molecule has 0 aromatic carbocycles. The Morgan fingerprint density at radius 1 is 1.00 bits per heavy atom. The van der Waals surface area contributed by atoms with Gasteiger partial charge >= 0.3 is 0 Å². The number of hydrogen-bond donors (Lipinski definition) is 1. The fourth-order valence-corrected chi connectivity index (χ4v) is 3.86. The lowest BCUT2D eigenvalue weighted by Crippen LogP contribution is -2.39. The van der Waals surface area contributed by atoms with E-state index >= 15 is 0 Å². The summed E-state index contributed by atoms with van der Waals surface area (Å²) in [5.41, 5.74) is 0. The first-order valence-electron chi connectivity index (χ1n) is 6.92. The summed E-state index contributed by atoms with van der Waals surface area (Å²) in [6.45, 7) is 2.54. The van der Waals surface area contributed by atoms with Crippen molar-refractivity contribution in [1.82, 2.24) is 4.90 Å². The van der Waals surface area contributed by atoms with Gasteiger partial charge in [-0.25, -0.2) is 0 Å². The maximum atomic E-state index is 9.57. The Balaban J connectivity index is 1.65. The molecular weight excluding hydrogens is 202 g/mol. The zero-order valence-corrected chi connectivity index (χ0v) is 9.98. The van der Waals surface area contributed by atoms with Gasteiger partial charge in [-0.3, -0.25) is 0 Å². The van der Waals surface area contributed by atoms with Gasteiger partial charge in [0.15, 0.2) is 6.29 Å². The van der Waals surface area contributed by atoms with Crippen molar-refractivity contribution in [2.75, 3.05) is 13.1 Å².